The van der Waals surface area contributed by atoms with Crippen LogP contribution in [0.5, 0.6) is 0 Å². The summed E-state index contributed by atoms with van der Waals surface area (Å²) >= 11 is 0. The second kappa shape index (κ2) is 18.0. The number of hydrogen-bond donors (Lipinski definition) is 0. The zero-order chi connectivity index (χ0) is 40.3. The van der Waals surface area contributed by atoms with Gasteiger partial charge in [-0.2, -0.15) is 0 Å². The van der Waals surface area contributed by atoms with E-state index in [0.29, 0.717) is 43.2 Å². The highest BCUT2D eigenvalue weighted by Crippen LogP contribution is 2.59. The maximum Gasteiger partial charge on any atom is 0.192 e. The Bertz CT molecular complexity index is 1340. The van der Waals surface area contributed by atoms with Crippen LogP contribution in [0.4, 0.5) is 0 Å². The van der Waals surface area contributed by atoms with Crippen LogP contribution in [0.2, 0.25) is 36.3 Å². The number of allylic oxidation sites excluding steroid dienone is 4. The molecular formula is C46H82O6Si2. The van der Waals surface area contributed by atoms with E-state index in [1.807, 2.05) is 0 Å². The molecule has 8 heteroatoms. The number of rotatable bonds is 15. The number of fused-ring (bicyclic) bond motifs is 1. The van der Waals surface area contributed by atoms with Crippen molar-refractivity contribution in [3.8, 4) is 0 Å². The lowest BCUT2D eigenvalue weighted by Crippen LogP contribution is -2.49. The third-order valence-electron chi connectivity index (χ3n) is 14.9. The molecule has 1 heterocycles. The Kier molecular flexibility index (Phi) is 15.3. The van der Waals surface area contributed by atoms with E-state index in [4.69, 9.17) is 34.4 Å². The van der Waals surface area contributed by atoms with Crippen molar-refractivity contribution in [3.05, 3.63) is 47.6 Å². The first-order valence-corrected chi connectivity index (χ1v) is 27.2. The SMILES string of the molecule is C=C1/C(=C\C=C2/CCC[C@]3(C)[C@@H]([C@H](C)/C=C/[C@H](CCC4OCCO4)C(C)(C)OCOC)CC[C@@H]23)C[C@@H](O[Si](C)(C)C(C)(C)C)C[C@@H]1O[Si](C)(C)C(C)(C)C. The Hall–Kier alpha value is -0.846. The summed E-state index contributed by atoms with van der Waals surface area (Å²) in [5, 5.41) is 0.299. The third kappa shape index (κ3) is 11.0. The van der Waals surface area contributed by atoms with Crippen molar-refractivity contribution in [1.29, 1.82) is 0 Å². The summed E-state index contributed by atoms with van der Waals surface area (Å²) in [6.07, 6.45) is 19.9. The Morgan fingerprint density at radius 2 is 1.54 bits per heavy atom. The van der Waals surface area contributed by atoms with E-state index in [1.54, 1.807) is 12.7 Å². The molecular weight excluding hydrogens is 705 g/mol. The van der Waals surface area contributed by atoms with Gasteiger partial charge in [-0.05, 0) is 136 Å². The van der Waals surface area contributed by atoms with Crippen molar-refractivity contribution >= 4 is 16.6 Å². The molecule has 3 aliphatic carbocycles. The first kappa shape index (κ1) is 45.9. The lowest BCUT2D eigenvalue weighted by atomic mass is 9.61. The summed E-state index contributed by atoms with van der Waals surface area (Å²) in [5.41, 5.74) is 4.08. The molecule has 4 aliphatic rings. The van der Waals surface area contributed by atoms with Gasteiger partial charge in [0.2, 0.25) is 0 Å². The van der Waals surface area contributed by atoms with Crippen molar-refractivity contribution in [1.82, 2.24) is 0 Å². The van der Waals surface area contributed by atoms with E-state index in [-0.39, 0.29) is 40.1 Å². The fourth-order valence-corrected chi connectivity index (χ4v) is 11.9. The van der Waals surface area contributed by atoms with Crippen LogP contribution in [0.25, 0.3) is 0 Å². The second-order valence-corrected chi connectivity index (χ2v) is 30.6. The molecule has 0 aromatic heterocycles. The molecule has 4 fully saturated rings. The topological polar surface area (TPSA) is 55.4 Å². The largest absolute Gasteiger partial charge is 0.413 e. The molecule has 0 amide bonds. The van der Waals surface area contributed by atoms with Gasteiger partial charge in [-0.25, -0.2) is 0 Å². The van der Waals surface area contributed by atoms with Crippen molar-refractivity contribution in [2.24, 2.45) is 29.1 Å². The summed E-state index contributed by atoms with van der Waals surface area (Å²) in [4.78, 5) is 0. The number of hydrogen-bond acceptors (Lipinski definition) is 6. The van der Waals surface area contributed by atoms with E-state index in [0.717, 1.165) is 25.7 Å². The molecule has 0 N–H and O–H groups in total. The summed E-state index contributed by atoms with van der Waals surface area (Å²) in [7, 11) is -2.27. The molecule has 3 saturated carbocycles. The van der Waals surface area contributed by atoms with Crippen LogP contribution in [0.3, 0.4) is 0 Å². The summed E-state index contributed by atoms with van der Waals surface area (Å²) in [6, 6.07) is 0. The van der Waals surface area contributed by atoms with E-state index < -0.39 is 16.6 Å². The molecule has 6 nitrogen and oxygen atoms in total. The molecule has 0 spiro atoms. The Morgan fingerprint density at radius 3 is 2.15 bits per heavy atom. The molecule has 0 radical (unpaired) electrons. The summed E-state index contributed by atoms with van der Waals surface area (Å²) in [5.74, 6) is 1.98. The zero-order valence-corrected chi connectivity index (χ0v) is 39.5. The van der Waals surface area contributed by atoms with Crippen molar-refractivity contribution < 1.29 is 27.8 Å². The maximum absolute atomic E-state index is 7.13. The summed E-state index contributed by atoms with van der Waals surface area (Å²) in [6.45, 7) is 39.4. The average Bonchev–Trinajstić information content (AvgIpc) is 3.70. The standard InChI is InChI=1S/C46H82O6Si2/c1-33(19-22-37(45(9,10)50-32-47-12)23-26-42-48-28-29-49-42)39-24-25-40-35(18-17-27-46(39,40)11)20-21-36-30-38(51-53(13,14)43(3,4)5)31-41(34(36)2)52-54(15,16)44(6,7)8/h19-22,33,37-42H,2,17-18,23-32H2,1,3-16H3/b22-19+,35-20+,36-21-/t33-,37-,38-,39-,40+,41+,46-/m1/s1. The first-order chi connectivity index (χ1) is 24.9. The van der Waals surface area contributed by atoms with Crippen molar-refractivity contribution in [2.75, 3.05) is 27.1 Å². The van der Waals surface area contributed by atoms with Gasteiger partial charge in [0, 0.05) is 19.4 Å². The molecule has 0 unspecified atom stereocenters. The van der Waals surface area contributed by atoms with E-state index in [1.165, 1.54) is 43.3 Å². The molecule has 54 heavy (non-hydrogen) atoms. The fraction of sp³-hybridized carbons (Fsp3) is 0.826. The average molecular weight is 787 g/mol. The quantitative estimate of drug-likeness (QED) is 0.0936. The zero-order valence-electron chi connectivity index (χ0n) is 37.5. The highest BCUT2D eigenvalue weighted by atomic mass is 28.4. The number of ether oxygens (including phenoxy) is 4. The molecule has 0 bridgehead atoms. The van der Waals surface area contributed by atoms with Gasteiger partial charge in [0.05, 0.1) is 31.0 Å². The van der Waals surface area contributed by atoms with Gasteiger partial charge in [-0.3, -0.25) is 0 Å². The molecule has 0 aromatic carbocycles. The van der Waals surface area contributed by atoms with Gasteiger partial charge in [0.25, 0.3) is 0 Å². The van der Waals surface area contributed by atoms with Crippen LogP contribution in [-0.2, 0) is 27.8 Å². The predicted molar refractivity (Wildman–Crippen MR) is 231 cm³/mol. The predicted octanol–water partition coefficient (Wildman–Crippen LogP) is 12.5. The number of methoxy groups -OCH3 is 1. The van der Waals surface area contributed by atoms with E-state index in [2.05, 4.69) is 120 Å². The van der Waals surface area contributed by atoms with Gasteiger partial charge in [-0.1, -0.05) is 91.8 Å². The minimum atomic E-state index is -2.01. The van der Waals surface area contributed by atoms with E-state index >= 15 is 0 Å². The smallest absolute Gasteiger partial charge is 0.192 e. The highest BCUT2D eigenvalue weighted by Gasteiger charge is 2.51. The van der Waals surface area contributed by atoms with Crippen LogP contribution in [-0.4, -0.2) is 67.9 Å². The van der Waals surface area contributed by atoms with Crippen molar-refractivity contribution in [2.45, 2.75) is 187 Å². The molecule has 7 atom stereocenters. The normalized spacial score (nSPS) is 30.8. The van der Waals surface area contributed by atoms with Gasteiger partial charge in [0.1, 0.15) is 6.79 Å². The first-order valence-electron chi connectivity index (χ1n) is 21.4. The second-order valence-electron chi connectivity index (χ2n) is 21.1. The lowest BCUT2D eigenvalue weighted by molar-refractivity contribution is -0.135. The highest BCUT2D eigenvalue weighted by molar-refractivity contribution is 6.74. The van der Waals surface area contributed by atoms with Gasteiger partial charge in [0.15, 0.2) is 22.9 Å². The minimum absolute atomic E-state index is 0.00565. The molecule has 1 aliphatic heterocycles. The Morgan fingerprint density at radius 1 is 0.907 bits per heavy atom. The van der Waals surface area contributed by atoms with Gasteiger partial charge in [-0.15, -0.1) is 0 Å². The minimum Gasteiger partial charge on any atom is -0.413 e. The van der Waals surface area contributed by atoms with Gasteiger partial charge >= 0.3 is 0 Å². The van der Waals surface area contributed by atoms with Crippen LogP contribution in [0, 0.1) is 29.1 Å². The van der Waals surface area contributed by atoms with Crippen LogP contribution in [0.1, 0.15) is 127 Å². The van der Waals surface area contributed by atoms with Crippen LogP contribution < -0.4 is 0 Å². The third-order valence-corrected chi connectivity index (χ3v) is 23.9. The molecule has 310 valence electrons. The molecule has 4 rings (SSSR count). The fourth-order valence-electron chi connectivity index (χ4n) is 9.23. The van der Waals surface area contributed by atoms with Gasteiger partial charge < -0.3 is 27.8 Å². The lowest BCUT2D eigenvalue weighted by Gasteiger charge is -2.45. The molecule has 1 saturated heterocycles. The van der Waals surface area contributed by atoms with E-state index in [9.17, 15) is 0 Å². The Labute approximate surface area is 334 Å². The maximum atomic E-state index is 7.13. The van der Waals surface area contributed by atoms with Crippen LogP contribution >= 0.6 is 0 Å². The monoisotopic (exact) mass is 787 g/mol. The van der Waals surface area contributed by atoms with Crippen LogP contribution in [0.15, 0.2) is 47.6 Å². The summed E-state index contributed by atoms with van der Waals surface area (Å²) < 4.78 is 37.4. The molecule has 0 aromatic rings. The Balaban J connectivity index is 1.55. The van der Waals surface area contributed by atoms with Crippen molar-refractivity contribution in [3.63, 3.8) is 0 Å².